The van der Waals surface area contributed by atoms with Gasteiger partial charge in [0.15, 0.2) is 0 Å². The quantitative estimate of drug-likeness (QED) is 0.197. The summed E-state index contributed by atoms with van der Waals surface area (Å²) >= 11 is 0. The van der Waals surface area contributed by atoms with E-state index in [2.05, 4.69) is 75.4 Å². The molecule has 1 heterocycles. The number of aryl methyl sites for hydroxylation is 2. The van der Waals surface area contributed by atoms with Gasteiger partial charge in [0.2, 0.25) is 0 Å². The highest BCUT2D eigenvalue weighted by Crippen LogP contribution is 2.29. The van der Waals surface area contributed by atoms with Gasteiger partial charge >= 0.3 is 0 Å². The highest BCUT2D eigenvalue weighted by Gasteiger charge is 2.23. The maximum atomic E-state index is 13.5. The lowest BCUT2D eigenvalue weighted by Gasteiger charge is -2.41. The Hall–Kier alpha value is -2.29. The van der Waals surface area contributed by atoms with Gasteiger partial charge in [0, 0.05) is 25.3 Å². The smallest absolute Gasteiger partial charge is 0.116 e. The van der Waals surface area contributed by atoms with E-state index in [0.717, 1.165) is 55.7 Å². The van der Waals surface area contributed by atoms with Crippen LogP contribution in [0, 0.1) is 0 Å². The molecule has 1 aromatic carbocycles. The molecular weight excluding hydrogens is 467 g/mol. The normalized spacial score (nSPS) is 12.9. The van der Waals surface area contributed by atoms with E-state index in [-0.39, 0.29) is 0 Å². The van der Waals surface area contributed by atoms with E-state index < -0.39 is 5.83 Å². The Morgan fingerprint density at radius 2 is 1.55 bits per heavy atom. The zero-order valence-corrected chi connectivity index (χ0v) is 26.7. The molecule has 0 aromatic heterocycles. The lowest BCUT2D eigenvalue weighted by molar-refractivity contribution is 0.326. The molecule has 2 rings (SSSR count). The molecule has 1 aromatic rings. The van der Waals surface area contributed by atoms with Crippen LogP contribution in [0.25, 0.3) is 0 Å². The first-order chi connectivity index (χ1) is 18.3. The van der Waals surface area contributed by atoms with E-state index >= 15 is 0 Å². The highest BCUT2D eigenvalue weighted by molar-refractivity contribution is 5.55. The molecule has 218 valence electrons. The van der Waals surface area contributed by atoms with Crippen molar-refractivity contribution in [2.45, 2.75) is 120 Å². The topological polar surface area (TPSA) is 6.48 Å². The highest BCUT2D eigenvalue weighted by atomic mass is 19.1. The molecule has 0 aliphatic carbocycles. The second kappa shape index (κ2) is 23.8. The lowest BCUT2D eigenvalue weighted by atomic mass is 9.98. The molecule has 0 radical (unpaired) electrons. The Balaban J connectivity index is 0. The second-order valence-corrected chi connectivity index (χ2v) is 9.24. The third-order valence-corrected chi connectivity index (χ3v) is 6.24. The van der Waals surface area contributed by atoms with Crippen LogP contribution in [-0.2, 0) is 12.8 Å². The fourth-order valence-electron chi connectivity index (χ4n) is 4.28. The fraction of sp³-hybridized carbons (Fsp3) is 0.600. The van der Waals surface area contributed by atoms with Crippen LogP contribution in [0.3, 0.4) is 0 Å². The first kappa shape index (κ1) is 37.9. The minimum atomic E-state index is -0.424. The number of hydrogen-bond acceptors (Lipinski definition) is 2. The molecule has 1 fully saturated rings. The lowest BCUT2D eigenvalue weighted by Crippen LogP contribution is -2.43. The van der Waals surface area contributed by atoms with Crippen LogP contribution in [-0.4, -0.2) is 24.5 Å². The molecule has 3 heteroatoms. The summed E-state index contributed by atoms with van der Waals surface area (Å²) in [6, 6.07) is 6.88. The monoisotopic (exact) mass is 528 g/mol. The van der Waals surface area contributed by atoms with E-state index in [1.54, 1.807) is 0 Å². The SMILES string of the molecule is C=C(F)/C=C(/CN1CCCN(c2ccc(CC)c(CCCCCC)c2)C1=C)C(=C)CC.CC.CC.CCC. The Bertz CT molecular complexity index is 821. The van der Waals surface area contributed by atoms with Crippen molar-refractivity contribution in [1.29, 1.82) is 0 Å². The number of hydrogen-bond donors (Lipinski definition) is 0. The van der Waals surface area contributed by atoms with Crippen LogP contribution in [0.15, 0.2) is 66.8 Å². The van der Waals surface area contributed by atoms with Gasteiger partial charge in [-0.3, -0.25) is 0 Å². The van der Waals surface area contributed by atoms with Gasteiger partial charge in [0.05, 0.1) is 0 Å². The average molecular weight is 529 g/mol. The summed E-state index contributed by atoms with van der Waals surface area (Å²) in [5.74, 6) is 0.554. The zero-order valence-electron chi connectivity index (χ0n) is 26.7. The number of benzene rings is 1. The van der Waals surface area contributed by atoms with Crippen molar-refractivity contribution in [3.63, 3.8) is 0 Å². The Kier molecular flexibility index (Phi) is 23.7. The van der Waals surface area contributed by atoms with Crippen molar-refractivity contribution in [3.8, 4) is 0 Å². The maximum absolute atomic E-state index is 13.5. The van der Waals surface area contributed by atoms with Gasteiger partial charge in [-0.1, -0.05) is 119 Å². The van der Waals surface area contributed by atoms with Crippen molar-refractivity contribution in [2.75, 3.05) is 24.5 Å². The number of nitrogens with zero attached hydrogens (tertiary/aromatic N) is 2. The van der Waals surface area contributed by atoms with Crippen LogP contribution in [0.1, 0.15) is 118 Å². The molecule has 1 saturated heterocycles. The van der Waals surface area contributed by atoms with Crippen LogP contribution < -0.4 is 4.90 Å². The molecule has 0 bridgehead atoms. The van der Waals surface area contributed by atoms with Gasteiger partial charge in [-0.2, -0.15) is 0 Å². The number of anilines is 1. The van der Waals surface area contributed by atoms with Gasteiger partial charge in [0.25, 0.3) is 0 Å². The first-order valence-corrected chi connectivity index (χ1v) is 15.4. The van der Waals surface area contributed by atoms with Crippen molar-refractivity contribution < 1.29 is 4.39 Å². The van der Waals surface area contributed by atoms with Crippen molar-refractivity contribution in [1.82, 2.24) is 4.90 Å². The van der Waals surface area contributed by atoms with Crippen LogP contribution >= 0.6 is 0 Å². The first-order valence-electron chi connectivity index (χ1n) is 15.4. The zero-order chi connectivity index (χ0) is 29.5. The van der Waals surface area contributed by atoms with E-state index in [1.807, 2.05) is 34.6 Å². The summed E-state index contributed by atoms with van der Waals surface area (Å²) in [6.07, 6.45) is 11.9. The van der Waals surface area contributed by atoms with E-state index in [1.165, 1.54) is 55.0 Å². The number of allylic oxidation sites excluding steroid dienone is 2. The van der Waals surface area contributed by atoms with Gasteiger partial charge in [-0.05, 0) is 67.0 Å². The molecule has 2 nitrogen and oxygen atoms in total. The molecule has 0 spiro atoms. The summed E-state index contributed by atoms with van der Waals surface area (Å²) in [5.41, 5.74) is 5.98. The van der Waals surface area contributed by atoms with Crippen molar-refractivity contribution >= 4 is 5.69 Å². The third kappa shape index (κ3) is 14.0. The molecule has 38 heavy (non-hydrogen) atoms. The predicted octanol–water partition coefficient (Wildman–Crippen LogP) is 11.2. The van der Waals surface area contributed by atoms with Gasteiger partial charge in [-0.25, -0.2) is 4.39 Å². The van der Waals surface area contributed by atoms with Crippen LogP contribution in [0.2, 0.25) is 0 Å². The van der Waals surface area contributed by atoms with E-state index in [4.69, 9.17) is 0 Å². The minimum Gasteiger partial charge on any atom is -0.354 e. The Morgan fingerprint density at radius 1 is 0.921 bits per heavy atom. The summed E-state index contributed by atoms with van der Waals surface area (Å²) in [7, 11) is 0. The largest absolute Gasteiger partial charge is 0.354 e. The molecule has 0 N–H and O–H groups in total. The second-order valence-electron chi connectivity index (χ2n) is 9.24. The van der Waals surface area contributed by atoms with Gasteiger partial charge in [0.1, 0.15) is 11.6 Å². The van der Waals surface area contributed by atoms with E-state index in [0.29, 0.717) is 6.54 Å². The van der Waals surface area contributed by atoms with Gasteiger partial charge in [-0.15, -0.1) is 0 Å². The summed E-state index contributed by atoms with van der Waals surface area (Å²) in [6.45, 7) is 33.2. The predicted molar refractivity (Wildman–Crippen MR) is 173 cm³/mol. The van der Waals surface area contributed by atoms with Crippen molar-refractivity contribution in [3.05, 3.63) is 77.9 Å². The standard InChI is InChI=1S/C28H41FN2.C3H8.2C2H6/c1-7-10-11-12-14-26-20-28(16-15-25(26)9-3)31-18-13-17-30(24(31)6)21-27(19-23(5)29)22(4)8-2;1-3-2;2*1-2/h15-16,19-20H,4-14,17-18,21H2,1-3H3;3H2,1-2H3;2*1-2H3/b27-19-;;;. The number of unbranched alkanes of at least 4 members (excludes halogenated alkanes) is 3. The Labute approximate surface area is 237 Å². The molecular formula is C35H61FN2. The van der Waals surface area contributed by atoms with E-state index in [9.17, 15) is 4.39 Å². The summed E-state index contributed by atoms with van der Waals surface area (Å²) < 4.78 is 13.5. The molecule has 0 atom stereocenters. The summed E-state index contributed by atoms with van der Waals surface area (Å²) in [4.78, 5) is 4.56. The number of halogens is 1. The maximum Gasteiger partial charge on any atom is 0.116 e. The molecule has 0 saturated carbocycles. The molecule has 1 aliphatic rings. The van der Waals surface area contributed by atoms with Crippen LogP contribution in [0.4, 0.5) is 10.1 Å². The fourth-order valence-corrected chi connectivity index (χ4v) is 4.28. The molecule has 0 amide bonds. The van der Waals surface area contributed by atoms with Crippen molar-refractivity contribution in [2.24, 2.45) is 0 Å². The summed E-state index contributed by atoms with van der Waals surface area (Å²) in [5, 5.41) is 0. The Morgan fingerprint density at radius 3 is 2.08 bits per heavy atom. The minimum absolute atomic E-state index is 0.424. The molecule has 0 unspecified atom stereocenters. The third-order valence-electron chi connectivity index (χ3n) is 6.24. The average Bonchev–Trinajstić information content (AvgIpc) is 2.93. The van der Waals surface area contributed by atoms with Gasteiger partial charge < -0.3 is 9.80 Å². The number of rotatable bonds is 12. The van der Waals surface area contributed by atoms with Crippen LogP contribution in [0.5, 0.6) is 0 Å². The molecule has 1 aliphatic heterocycles.